The normalized spacial score (nSPS) is 14.5. The SMILES string of the molecule is O=C1CSc2ccc(C(=O)N(C/C=C/c3ccccc3)c3ccc4c(c3)OCCO4)cc2N1. The van der Waals surface area contributed by atoms with Gasteiger partial charge in [0.1, 0.15) is 13.2 Å². The van der Waals surface area contributed by atoms with Gasteiger partial charge in [0.15, 0.2) is 11.5 Å². The molecule has 0 aliphatic carbocycles. The Labute approximate surface area is 196 Å². The van der Waals surface area contributed by atoms with Crippen molar-refractivity contribution in [2.75, 3.05) is 35.7 Å². The van der Waals surface area contributed by atoms with Crippen molar-refractivity contribution < 1.29 is 19.1 Å². The number of carbonyl (C=O) groups excluding carboxylic acids is 2. The first-order valence-corrected chi connectivity index (χ1v) is 11.7. The molecule has 0 fully saturated rings. The highest BCUT2D eigenvalue weighted by Crippen LogP contribution is 2.36. The second-order valence-electron chi connectivity index (χ2n) is 7.60. The Hall–Kier alpha value is -3.71. The van der Waals surface area contributed by atoms with Crippen molar-refractivity contribution in [2.24, 2.45) is 0 Å². The van der Waals surface area contributed by atoms with Crippen LogP contribution >= 0.6 is 11.8 Å². The third-order valence-electron chi connectivity index (χ3n) is 5.34. The molecular formula is C26H22N2O4S. The average Bonchev–Trinajstić information content (AvgIpc) is 2.86. The van der Waals surface area contributed by atoms with Crippen LogP contribution in [0.3, 0.4) is 0 Å². The predicted molar refractivity (Wildman–Crippen MR) is 130 cm³/mol. The Morgan fingerprint density at radius 1 is 1.00 bits per heavy atom. The topological polar surface area (TPSA) is 67.9 Å². The third-order valence-corrected chi connectivity index (χ3v) is 6.41. The largest absolute Gasteiger partial charge is 0.486 e. The summed E-state index contributed by atoms with van der Waals surface area (Å²) in [6.45, 7) is 1.35. The maximum atomic E-state index is 13.6. The van der Waals surface area contributed by atoms with Crippen LogP contribution in [0.2, 0.25) is 0 Å². The molecule has 7 heteroatoms. The van der Waals surface area contributed by atoms with Gasteiger partial charge in [-0.15, -0.1) is 11.8 Å². The summed E-state index contributed by atoms with van der Waals surface area (Å²) in [4.78, 5) is 28.1. The van der Waals surface area contributed by atoms with Gasteiger partial charge in [-0.05, 0) is 35.9 Å². The Balaban J connectivity index is 1.46. The molecule has 0 saturated heterocycles. The van der Waals surface area contributed by atoms with Gasteiger partial charge in [0.2, 0.25) is 5.91 Å². The molecule has 3 aromatic rings. The van der Waals surface area contributed by atoms with Gasteiger partial charge in [-0.2, -0.15) is 0 Å². The minimum Gasteiger partial charge on any atom is -0.486 e. The number of nitrogens with zero attached hydrogens (tertiary/aromatic N) is 1. The van der Waals surface area contributed by atoms with E-state index >= 15 is 0 Å². The number of benzene rings is 3. The average molecular weight is 459 g/mol. The highest BCUT2D eigenvalue weighted by Gasteiger charge is 2.23. The van der Waals surface area contributed by atoms with Gasteiger partial charge in [0, 0.05) is 28.8 Å². The van der Waals surface area contributed by atoms with Gasteiger partial charge >= 0.3 is 0 Å². The quantitative estimate of drug-likeness (QED) is 0.591. The molecule has 6 nitrogen and oxygen atoms in total. The molecule has 5 rings (SSSR count). The molecule has 166 valence electrons. The van der Waals surface area contributed by atoms with Crippen LogP contribution in [0.25, 0.3) is 6.08 Å². The Kier molecular flexibility index (Phi) is 6.04. The summed E-state index contributed by atoms with van der Waals surface area (Å²) in [5.74, 6) is 1.44. The zero-order valence-electron chi connectivity index (χ0n) is 17.8. The fourth-order valence-corrected chi connectivity index (χ4v) is 4.52. The number of fused-ring (bicyclic) bond motifs is 2. The summed E-state index contributed by atoms with van der Waals surface area (Å²) < 4.78 is 11.4. The molecule has 0 saturated carbocycles. The van der Waals surface area contributed by atoms with E-state index in [4.69, 9.17) is 9.47 Å². The minimum atomic E-state index is -0.169. The molecule has 0 radical (unpaired) electrons. The number of thioether (sulfide) groups is 1. The fraction of sp³-hybridized carbons (Fsp3) is 0.154. The van der Waals surface area contributed by atoms with Gasteiger partial charge in [-0.3, -0.25) is 9.59 Å². The zero-order valence-corrected chi connectivity index (χ0v) is 18.6. The zero-order chi connectivity index (χ0) is 22.6. The highest BCUT2D eigenvalue weighted by atomic mass is 32.2. The first-order chi connectivity index (χ1) is 16.2. The van der Waals surface area contributed by atoms with E-state index in [1.165, 1.54) is 11.8 Å². The molecule has 0 bridgehead atoms. The summed E-state index contributed by atoms with van der Waals surface area (Å²) in [5, 5.41) is 2.86. The van der Waals surface area contributed by atoms with E-state index in [1.54, 1.807) is 17.0 Å². The smallest absolute Gasteiger partial charge is 0.258 e. The van der Waals surface area contributed by atoms with Crippen LogP contribution in [0, 0.1) is 0 Å². The molecular weight excluding hydrogens is 436 g/mol. The number of hydrogen-bond acceptors (Lipinski definition) is 5. The van der Waals surface area contributed by atoms with Gasteiger partial charge < -0.3 is 19.7 Å². The summed E-state index contributed by atoms with van der Waals surface area (Å²) in [6, 6.07) is 20.9. The minimum absolute atomic E-state index is 0.0633. The van der Waals surface area contributed by atoms with Crippen molar-refractivity contribution in [3.8, 4) is 11.5 Å². The van der Waals surface area contributed by atoms with E-state index < -0.39 is 0 Å². The van der Waals surface area contributed by atoms with Crippen molar-refractivity contribution >= 4 is 41.0 Å². The Morgan fingerprint density at radius 3 is 2.67 bits per heavy atom. The third kappa shape index (κ3) is 4.73. The maximum absolute atomic E-state index is 13.6. The Bertz CT molecular complexity index is 1230. The molecule has 1 N–H and O–H groups in total. The Morgan fingerprint density at radius 2 is 1.82 bits per heavy atom. The van der Waals surface area contributed by atoms with Gasteiger partial charge in [-0.25, -0.2) is 0 Å². The standard InChI is InChI=1S/C26H22N2O4S/c29-25-17-33-24-11-8-19(15-21(24)27-25)26(30)28(12-4-7-18-5-2-1-3-6-18)20-9-10-22-23(16-20)32-14-13-31-22/h1-11,15-16H,12-14,17H2,(H,27,29)/b7-4+. The van der Waals surface area contributed by atoms with Crippen molar-refractivity contribution in [1.82, 2.24) is 0 Å². The molecule has 0 unspecified atom stereocenters. The van der Waals surface area contributed by atoms with E-state index in [0.29, 0.717) is 53.9 Å². The molecule has 3 aromatic carbocycles. The van der Waals surface area contributed by atoms with Crippen molar-refractivity contribution in [3.63, 3.8) is 0 Å². The summed E-state index contributed by atoms with van der Waals surface area (Å²) in [5.41, 5.74) is 2.93. The summed E-state index contributed by atoms with van der Waals surface area (Å²) in [7, 11) is 0. The van der Waals surface area contributed by atoms with E-state index in [-0.39, 0.29) is 11.8 Å². The van der Waals surface area contributed by atoms with E-state index in [9.17, 15) is 9.59 Å². The van der Waals surface area contributed by atoms with Gasteiger partial charge in [0.05, 0.1) is 11.4 Å². The highest BCUT2D eigenvalue weighted by molar-refractivity contribution is 8.00. The molecule has 0 aromatic heterocycles. The second kappa shape index (κ2) is 9.42. The van der Waals surface area contributed by atoms with E-state index in [0.717, 1.165) is 10.5 Å². The van der Waals surface area contributed by atoms with Crippen LogP contribution in [0.5, 0.6) is 11.5 Å². The van der Waals surface area contributed by atoms with Crippen LogP contribution in [0.15, 0.2) is 77.7 Å². The molecule has 33 heavy (non-hydrogen) atoms. The van der Waals surface area contributed by atoms with Crippen molar-refractivity contribution in [2.45, 2.75) is 4.90 Å². The summed E-state index contributed by atoms with van der Waals surface area (Å²) >= 11 is 1.47. The van der Waals surface area contributed by atoms with Crippen LogP contribution < -0.4 is 19.7 Å². The van der Waals surface area contributed by atoms with E-state index in [2.05, 4.69) is 5.32 Å². The van der Waals surface area contributed by atoms with Crippen LogP contribution in [0.1, 0.15) is 15.9 Å². The van der Waals surface area contributed by atoms with Gasteiger partial charge in [0.25, 0.3) is 5.91 Å². The number of nitrogens with one attached hydrogen (secondary N) is 1. The maximum Gasteiger partial charge on any atom is 0.258 e. The molecule has 0 atom stereocenters. The fourth-order valence-electron chi connectivity index (χ4n) is 3.74. The number of rotatable bonds is 5. The molecule has 2 heterocycles. The van der Waals surface area contributed by atoms with Crippen LogP contribution in [0.4, 0.5) is 11.4 Å². The van der Waals surface area contributed by atoms with Crippen molar-refractivity contribution in [3.05, 3.63) is 83.9 Å². The predicted octanol–water partition coefficient (Wildman–Crippen LogP) is 4.86. The van der Waals surface area contributed by atoms with Crippen LogP contribution in [-0.2, 0) is 4.79 Å². The second-order valence-corrected chi connectivity index (χ2v) is 8.62. The first kappa shape index (κ1) is 21.2. The number of ether oxygens (including phenoxy) is 2. The lowest BCUT2D eigenvalue weighted by Crippen LogP contribution is -2.31. The van der Waals surface area contributed by atoms with Gasteiger partial charge in [-0.1, -0.05) is 42.5 Å². The van der Waals surface area contributed by atoms with Crippen molar-refractivity contribution in [1.29, 1.82) is 0 Å². The molecule has 0 spiro atoms. The number of hydrogen-bond donors (Lipinski definition) is 1. The number of amides is 2. The number of carbonyl (C=O) groups is 2. The molecule has 2 aliphatic rings. The summed E-state index contributed by atoms with van der Waals surface area (Å²) in [6.07, 6.45) is 3.95. The first-order valence-electron chi connectivity index (χ1n) is 10.7. The monoisotopic (exact) mass is 458 g/mol. The van der Waals surface area contributed by atoms with Crippen LogP contribution in [-0.4, -0.2) is 37.3 Å². The van der Waals surface area contributed by atoms with E-state index in [1.807, 2.05) is 66.7 Å². The molecule has 2 amide bonds. The molecule has 2 aliphatic heterocycles. The number of anilines is 2. The lowest BCUT2D eigenvalue weighted by Gasteiger charge is -2.25. The lowest BCUT2D eigenvalue weighted by molar-refractivity contribution is -0.113. The lowest BCUT2D eigenvalue weighted by atomic mass is 10.1.